The zero-order valence-electron chi connectivity index (χ0n) is 19.6. The molecule has 0 aliphatic carbocycles. The number of benzene rings is 1. The maximum atomic E-state index is 12.7. The highest BCUT2D eigenvalue weighted by atomic mass is 16.5. The average Bonchev–Trinajstić information content (AvgIpc) is 2.89. The van der Waals surface area contributed by atoms with Crippen molar-refractivity contribution in [3.8, 4) is 6.07 Å². The van der Waals surface area contributed by atoms with Gasteiger partial charge in [0.15, 0.2) is 11.5 Å². The van der Waals surface area contributed by atoms with Crippen molar-refractivity contribution < 1.29 is 19.1 Å². The van der Waals surface area contributed by atoms with Gasteiger partial charge in [-0.3, -0.25) is 14.4 Å². The van der Waals surface area contributed by atoms with Crippen LogP contribution in [0.15, 0.2) is 24.3 Å². The normalized spacial score (nSPS) is 17.7. The van der Waals surface area contributed by atoms with E-state index in [-0.39, 0.29) is 41.7 Å². The molecule has 2 aliphatic heterocycles. The number of carbonyl (C=O) groups excluding carboxylic acids is 3. The molecule has 13 nitrogen and oxygen atoms in total. The Labute approximate surface area is 207 Å². The van der Waals surface area contributed by atoms with Crippen LogP contribution in [0.2, 0.25) is 0 Å². The van der Waals surface area contributed by atoms with E-state index in [0.29, 0.717) is 50.6 Å². The third-order valence-corrected chi connectivity index (χ3v) is 5.91. The summed E-state index contributed by atoms with van der Waals surface area (Å²) in [5.41, 5.74) is 6.48. The van der Waals surface area contributed by atoms with Crippen LogP contribution in [0.4, 0.5) is 17.5 Å². The Balaban J connectivity index is 1.48. The molecule has 2 aliphatic rings. The van der Waals surface area contributed by atoms with Gasteiger partial charge in [-0.2, -0.15) is 10.2 Å². The van der Waals surface area contributed by atoms with Crippen LogP contribution in [0.5, 0.6) is 0 Å². The number of aromatic nitrogens is 3. The van der Waals surface area contributed by atoms with Gasteiger partial charge in [-0.1, -0.05) is 0 Å². The highest BCUT2D eigenvalue weighted by molar-refractivity contribution is 5.97. The van der Waals surface area contributed by atoms with Crippen molar-refractivity contribution in [2.24, 2.45) is 5.73 Å². The molecule has 2 fully saturated rings. The molecule has 2 aromatic rings. The number of nitrogens with zero attached hydrogens (tertiary/aromatic N) is 6. The number of ether oxygens (including phenoxy) is 1. The van der Waals surface area contributed by atoms with Gasteiger partial charge < -0.3 is 30.9 Å². The lowest BCUT2D eigenvalue weighted by atomic mass is 10.1. The van der Waals surface area contributed by atoms with Gasteiger partial charge in [0.25, 0.3) is 11.8 Å². The van der Waals surface area contributed by atoms with Gasteiger partial charge in [-0.05, 0) is 37.1 Å². The van der Waals surface area contributed by atoms with Crippen molar-refractivity contribution >= 4 is 35.2 Å². The van der Waals surface area contributed by atoms with Crippen LogP contribution >= 0.6 is 0 Å². The van der Waals surface area contributed by atoms with Crippen molar-refractivity contribution in [3.63, 3.8) is 0 Å². The first-order valence-electron chi connectivity index (χ1n) is 11.6. The number of primary amides is 1. The average molecular weight is 494 g/mol. The van der Waals surface area contributed by atoms with Crippen LogP contribution in [-0.4, -0.2) is 83.2 Å². The number of morpholine rings is 1. The van der Waals surface area contributed by atoms with Gasteiger partial charge >= 0.3 is 0 Å². The molecule has 3 amide bonds. The van der Waals surface area contributed by atoms with E-state index in [2.05, 4.69) is 25.8 Å². The SMILES string of the molecule is N#CCC(=O)NC1CCCN(c2nnc(C(N)=O)c(Nc3ccc(C(=O)N4CCOCC4)cc3)n2)C1. The summed E-state index contributed by atoms with van der Waals surface area (Å²) in [7, 11) is 0. The summed E-state index contributed by atoms with van der Waals surface area (Å²) in [6.45, 7) is 3.22. The highest BCUT2D eigenvalue weighted by Gasteiger charge is 2.25. The summed E-state index contributed by atoms with van der Waals surface area (Å²) < 4.78 is 5.29. The third kappa shape index (κ3) is 6.02. The summed E-state index contributed by atoms with van der Waals surface area (Å²) in [6, 6.07) is 8.48. The number of hydrogen-bond donors (Lipinski definition) is 3. The molecule has 1 atom stereocenters. The van der Waals surface area contributed by atoms with E-state index in [0.717, 1.165) is 12.8 Å². The van der Waals surface area contributed by atoms with Crippen molar-refractivity contribution in [3.05, 3.63) is 35.5 Å². The molecule has 0 spiro atoms. The van der Waals surface area contributed by atoms with E-state index >= 15 is 0 Å². The minimum Gasteiger partial charge on any atom is -0.378 e. The van der Waals surface area contributed by atoms with Gasteiger partial charge in [0.1, 0.15) is 6.42 Å². The Hall–Kier alpha value is -4.31. The number of nitrogens with two attached hydrogens (primary N) is 1. The number of carbonyl (C=O) groups is 3. The van der Waals surface area contributed by atoms with Gasteiger partial charge in [0.05, 0.1) is 19.3 Å². The molecule has 1 aromatic carbocycles. The number of rotatable bonds is 7. The fourth-order valence-electron chi connectivity index (χ4n) is 4.11. The van der Waals surface area contributed by atoms with Crippen LogP contribution < -0.4 is 21.3 Å². The molecule has 3 heterocycles. The minimum absolute atomic E-state index is 0.0739. The molecule has 188 valence electrons. The Morgan fingerprint density at radius 2 is 1.89 bits per heavy atom. The molecule has 1 aromatic heterocycles. The smallest absolute Gasteiger partial charge is 0.273 e. The Morgan fingerprint density at radius 3 is 2.58 bits per heavy atom. The van der Waals surface area contributed by atoms with Gasteiger partial charge in [0, 0.05) is 43.5 Å². The van der Waals surface area contributed by atoms with Gasteiger partial charge in [0.2, 0.25) is 11.9 Å². The van der Waals surface area contributed by atoms with Gasteiger partial charge in [-0.25, -0.2) is 0 Å². The maximum Gasteiger partial charge on any atom is 0.273 e. The Morgan fingerprint density at radius 1 is 1.14 bits per heavy atom. The van der Waals surface area contributed by atoms with Gasteiger partial charge in [-0.15, -0.1) is 10.2 Å². The first kappa shape index (κ1) is 24.8. The van der Waals surface area contributed by atoms with Crippen molar-refractivity contribution in [1.82, 2.24) is 25.4 Å². The summed E-state index contributed by atoms with van der Waals surface area (Å²) >= 11 is 0. The monoisotopic (exact) mass is 493 g/mol. The first-order valence-corrected chi connectivity index (χ1v) is 11.6. The summed E-state index contributed by atoms with van der Waals surface area (Å²) in [5, 5.41) is 22.6. The standard InChI is InChI=1S/C23H27N9O4/c24-8-7-18(33)26-17-2-1-9-32(14-17)23-28-21(19(20(25)34)29-30-23)27-16-5-3-15(4-6-16)22(35)31-10-12-36-13-11-31/h3-6,17H,1-2,7,9-14H2,(H2,25,34)(H,26,33)(H,27,28,30). The molecule has 13 heteroatoms. The fraction of sp³-hybridized carbons (Fsp3) is 0.435. The van der Waals surface area contributed by atoms with Crippen LogP contribution in [0, 0.1) is 11.3 Å². The topological polar surface area (TPSA) is 179 Å². The quantitative estimate of drug-likeness (QED) is 0.482. The fourth-order valence-corrected chi connectivity index (χ4v) is 4.11. The van der Waals surface area contributed by atoms with Crippen LogP contribution in [0.1, 0.15) is 40.1 Å². The van der Waals surface area contributed by atoms with E-state index in [4.69, 9.17) is 15.7 Å². The van der Waals surface area contributed by atoms with E-state index in [1.165, 1.54) is 0 Å². The molecule has 36 heavy (non-hydrogen) atoms. The van der Waals surface area contributed by atoms with Crippen molar-refractivity contribution in [2.45, 2.75) is 25.3 Å². The molecule has 0 saturated carbocycles. The number of anilines is 3. The molecular formula is C23H27N9O4. The van der Waals surface area contributed by atoms with Crippen LogP contribution in [0.25, 0.3) is 0 Å². The second-order valence-electron chi connectivity index (χ2n) is 8.47. The number of amides is 3. The third-order valence-electron chi connectivity index (χ3n) is 5.91. The summed E-state index contributed by atoms with van der Waals surface area (Å²) in [6.07, 6.45) is 1.34. The lowest BCUT2D eigenvalue weighted by Crippen LogP contribution is -2.48. The molecule has 4 N–H and O–H groups in total. The number of nitriles is 1. The summed E-state index contributed by atoms with van der Waals surface area (Å²) in [4.78, 5) is 44.5. The van der Waals surface area contributed by atoms with Crippen LogP contribution in [0.3, 0.4) is 0 Å². The van der Waals surface area contributed by atoms with Crippen molar-refractivity contribution in [1.29, 1.82) is 5.26 Å². The second-order valence-corrected chi connectivity index (χ2v) is 8.47. The predicted molar refractivity (Wildman–Crippen MR) is 128 cm³/mol. The second kappa shape index (κ2) is 11.4. The lowest BCUT2D eigenvalue weighted by Gasteiger charge is -2.33. The highest BCUT2D eigenvalue weighted by Crippen LogP contribution is 2.22. The van der Waals surface area contributed by atoms with Crippen LogP contribution in [-0.2, 0) is 9.53 Å². The Bertz CT molecular complexity index is 1160. The van der Waals surface area contributed by atoms with E-state index < -0.39 is 5.91 Å². The largest absolute Gasteiger partial charge is 0.378 e. The van der Waals surface area contributed by atoms with Crippen molar-refractivity contribution in [2.75, 3.05) is 49.6 Å². The number of hydrogen-bond acceptors (Lipinski definition) is 10. The number of nitrogens with one attached hydrogen (secondary N) is 2. The van der Waals surface area contributed by atoms with E-state index in [1.807, 2.05) is 11.0 Å². The van der Waals surface area contributed by atoms with E-state index in [1.54, 1.807) is 29.2 Å². The molecular weight excluding hydrogens is 466 g/mol. The molecule has 0 radical (unpaired) electrons. The molecule has 4 rings (SSSR count). The maximum absolute atomic E-state index is 12.7. The minimum atomic E-state index is -0.788. The molecule has 1 unspecified atom stereocenters. The first-order chi connectivity index (χ1) is 17.4. The summed E-state index contributed by atoms with van der Waals surface area (Å²) in [5.74, 6) is -0.778. The number of piperidine rings is 1. The Kier molecular flexibility index (Phi) is 7.86. The zero-order chi connectivity index (χ0) is 25.5. The molecule has 0 bridgehead atoms. The zero-order valence-corrected chi connectivity index (χ0v) is 19.6. The molecule has 2 saturated heterocycles. The lowest BCUT2D eigenvalue weighted by molar-refractivity contribution is -0.120. The van der Waals surface area contributed by atoms with E-state index in [9.17, 15) is 14.4 Å². The predicted octanol–water partition coefficient (Wildman–Crippen LogP) is 0.185.